The Morgan fingerprint density at radius 3 is 2.70 bits per heavy atom. The summed E-state index contributed by atoms with van der Waals surface area (Å²) in [5.74, 6) is 0.795. The van der Waals surface area contributed by atoms with E-state index in [4.69, 9.17) is 14.2 Å². The molecule has 0 spiro atoms. The van der Waals surface area contributed by atoms with E-state index in [9.17, 15) is 9.18 Å². The highest BCUT2D eigenvalue weighted by Crippen LogP contribution is 2.38. The van der Waals surface area contributed by atoms with Gasteiger partial charge in [0.1, 0.15) is 35.2 Å². The van der Waals surface area contributed by atoms with Crippen LogP contribution in [0.5, 0.6) is 17.2 Å². The van der Waals surface area contributed by atoms with Crippen LogP contribution in [0.1, 0.15) is 15.9 Å². The second-order valence-electron chi connectivity index (χ2n) is 5.05. The molecule has 2 aromatic rings. The molecule has 0 atom stereocenters. The highest BCUT2D eigenvalue weighted by molar-refractivity contribution is 6.15. The summed E-state index contributed by atoms with van der Waals surface area (Å²) in [7, 11) is 3.01. The van der Waals surface area contributed by atoms with Gasteiger partial charge in [0.05, 0.1) is 14.2 Å². The molecule has 1 aliphatic heterocycles. The van der Waals surface area contributed by atoms with Crippen LogP contribution in [0.3, 0.4) is 0 Å². The molecule has 0 aliphatic carbocycles. The summed E-state index contributed by atoms with van der Waals surface area (Å²) in [6.45, 7) is 0.110. The number of halogens is 1. The lowest BCUT2D eigenvalue weighted by Crippen LogP contribution is -2.20. The third kappa shape index (κ3) is 2.90. The zero-order valence-corrected chi connectivity index (χ0v) is 12.8. The first-order valence-corrected chi connectivity index (χ1v) is 7.02. The summed E-state index contributed by atoms with van der Waals surface area (Å²) in [4.78, 5) is 12.7. The van der Waals surface area contributed by atoms with Crippen molar-refractivity contribution in [3.63, 3.8) is 0 Å². The number of carbonyl (C=O) groups excluding carboxylic acids is 1. The molecule has 3 rings (SSSR count). The summed E-state index contributed by atoms with van der Waals surface area (Å²) in [6, 6.07) is 9.31. The van der Waals surface area contributed by atoms with E-state index in [1.807, 2.05) is 0 Å². The molecule has 2 aromatic carbocycles. The number of hydrogen-bond acceptors (Lipinski definition) is 4. The van der Waals surface area contributed by atoms with Crippen molar-refractivity contribution in [2.45, 2.75) is 0 Å². The van der Waals surface area contributed by atoms with Gasteiger partial charge in [-0.25, -0.2) is 4.39 Å². The molecule has 0 N–H and O–H groups in total. The standard InChI is InChI=1S/C18H15FO4/c1-21-14-8-15(22-2)17-16(9-14)23-10-12(18(17)20)6-11-4-3-5-13(19)7-11/h3-9H,10H2,1-2H3/b12-6+. The summed E-state index contributed by atoms with van der Waals surface area (Å²) >= 11 is 0. The Kier molecular flexibility index (Phi) is 4.02. The van der Waals surface area contributed by atoms with Gasteiger partial charge in [0.15, 0.2) is 5.78 Å². The smallest absolute Gasteiger partial charge is 0.199 e. The molecule has 5 heteroatoms. The maximum atomic E-state index is 13.3. The SMILES string of the molecule is COc1cc(OC)c2c(c1)OC/C(=C\c1cccc(F)c1)C2=O. The van der Waals surface area contributed by atoms with Crippen LogP contribution in [0, 0.1) is 5.82 Å². The van der Waals surface area contributed by atoms with Crippen molar-refractivity contribution in [1.29, 1.82) is 0 Å². The Hall–Kier alpha value is -2.82. The van der Waals surface area contributed by atoms with E-state index in [0.717, 1.165) is 0 Å². The van der Waals surface area contributed by atoms with Gasteiger partial charge >= 0.3 is 0 Å². The summed E-state index contributed by atoms with van der Waals surface area (Å²) < 4.78 is 29.4. The van der Waals surface area contributed by atoms with E-state index in [0.29, 0.717) is 33.9 Å². The molecule has 0 saturated carbocycles. The lowest BCUT2D eigenvalue weighted by molar-refractivity contribution is 0.0997. The summed E-state index contributed by atoms with van der Waals surface area (Å²) in [6.07, 6.45) is 1.62. The predicted octanol–water partition coefficient (Wildman–Crippen LogP) is 3.50. The third-order valence-corrected chi connectivity index (χ3v) is 3.59. The molecule has 118 valence electrons. The number of rotatable bonds is 3. The fourth-order valence-electron chi connectivity index (χ4n) is 2.47. The van der Waals surface area contributed by atoms with Gasteiger partial charge < -0.3 is 14.2 Å². The van der Waals surface area contributed by atoms with Gasteiger partial charge in [0.25, 0.3) is 0 Å². The molecule has 0 fully saturated rings. The average Bonchev–Trinajstić information content (AvgIpc) is 2.56. The van der Waals surface area contributed by atoms with Crippen molar-refractivity contribution < 1.29 is 23.4 Å². The molecule has 0 bridgehead atoms. The first-order valence-electron chi connectivity index (χ1n) is 7.02. The van der Waals surface area contributed by atoms with Gasteiger partial charge in [-0.15, -0.1) is 0 Å². The number of Topliss-reactive ketones (excluding diaryl/α,β-unsaturated/α-hetero) is 1. The molecule has 1 aliphatic rings. The number of fused-ring (bicyclic) bond motifs is 1. The van der Waals surface area contributed by atoms with Gasteiger partial charge in [0.2, 0.25) is 0 Å². The summed E-state index contributed by atoms with van der Waals surface area (Å²) in [5, 5.41) is 0. The number of methoxy groups -OCH3 is 2. The second-order valence-corrected chi connectivity index (χ2v) is 5.05. The molecule has 4 nitrogen and oxygen atoms in total. The average molecular weight is 314 g/mol. The van der Waals surface area contributed by atoms with Gasteiger partial charge in [-0.2, -0.15) is 0 Å². The number of hydrogen-bond donors (Lipinski definition) is 0. The third-order valence-electron chi connectivity index (χ3n) is 3.59. The van der Waals surface area contributed by atoms with E-state index in [-0.39, 0.29) is 18.2 Å². The molecule has 1 heterocycles. The monoisotopic (exact) mass is 314 g/mol. The van der Waals surface area contributed by atoms with Crippen LogP contribution in [0.2, 0.25) is 0 Å². The van der Waals surface area contributed by atoms with Crippen molar-refractivity contribution in [3.8, 4) is 17.2 Å². The molecule has 0 amide bonds. The van der Waals surface area contributed by atoms with Crippen molar-refractivity contribution in [1.82, 2.24) is 0 Å². The van der Waals surface area contributed by atoms with Crippen LogP contribution >= 0.6 is 0 Å². The van der Waals surface area contributed by atoms with Crippen LogP contribution < -0.4 is 14.2 Å². The quantitative estimate of drug-likeness (QED) is 0.813. The largest absolute Gasteiger partial charge is 0.496 e. The van der Waals surface area contributed by atoms with E-state index >= 15 is 0 Å². The van der Waals surface area contributed by atoms with E-state index in [2.05, 4.69) is 0 Å². The lowest BCUT2D eigenvalue weighted by atomic mass is 9.97. The van der Waals surface area contributed by atoms with Crippen molar-refractivity contribution in [2.24, 2.45) is 0 Å². The number of carbonyl (C=O) groups is 1. The van der Waals surface area contributed by atoms with Gasteiger partial charge in [-0.05, 0) is 23.8 Å². The first-order chi connectivity index (χ1) is 11.1. The number of benzene rings is 2. The first kappa shape index (κ1) is 15.1. The van der Waals surface area contributed by atoms with Gasteiger partial charge in [-0.1, -0.05) is 12.1 Å². The minimum Gasteiger partial charge on any atom is -0.496 e. The zero-order chi connectivity index (χ0) is 16.4. The molecule has 0 unspecified atom stereocenters. The molecule has 0 radical (unpaired) electrons. The maximum Gasteiger partial charge on any atom is 0.199 e. The minimum atomic E-state index is -0.355. The van der Waals surface area contributed by atoms with Crippen molar-refractivity contribution >= 4 is 11.9 Å². The topological polar surface area (TPSA) is 44.8 Å². The molecular formula is C18H15FO4. The normalized spacial score (nSPS) is 15.1. The molecular weight excluding hydrogens is 299 g/mol. The fourth-order valence-corrected chi connectivity index (χ4v) is 2.47. The van der Waals surface area contributed by atoms with Crippen LogP contribution in [0.15, 0.2) is 42.0 Å². The Bertz CT molecular complexity index is 778. The maximum absolute atomic E-state index is 13.3. The highest BCUT2D eigenvalue weighted by Gasteiger charge is 2.28. The van der Waals surface area contributed by atoms with Crippen LogP contribution in [0.25, 0.3) is 6.08 Å². The minimum absolute atomic E-state index is 0.110. The Balaban J connectivity index is 2.03. The van der Waals surface area contributed by atoms with Crippen LogP contribution in [0.4, 0.5) is 4.39 Å². The summed E-state index contributed by atoms with van der Waals surface area (Å²) in [5.41, 5.74) is 1.39. The van der Waals surface area contributed by atoms with Gasteiger partial charge in [0, 0.05) is 17.7 Å². The zero-order valence-electron chi connectivity index (χ0n) is 12.8. The lowest BCUT2D eigenvalue weighted by Gasteiger charge is -2.21. The number of ether oxygens (including phenoxy) is 3. The fraction of sp³-hybridized carbons (Fsp3) is 0.167. The molecule has 0 aromatic heterocycles. The van der Waals surface area contributed by atoms with Crippen molar-refractivity contribution in [2.75, 3.05) is 20.8 Å². The van der Waals surface area contributed by atoms with Crippen LogP contribution in [-0.4, -0.2) is 26.6 Å². The Labute approximate surface area is 133 Å². The van der Waals surface area contributed by atoms with Crippen molar-refractivity contribution in [3.05, 3.63) is 58.9 Å². The van der Waals surface area contributed by atoms with E-state index in [1.54, 1.807) is 30.3 Å². The van der Waals surface area contributed by atoms with Crippen LogP contribution in [-0.2, 0) is 0 Å². The Morgan fingerprint density at radius 1 is 1.17 bits per heavy atom. The van der Waals surface area contributed by atoms with Gasteiger partial charge in [-0.3, -0.25) is 4.79 Å². The molecule has 23 heavy (non-hydrogen) atoms. The van der Waals surface area contributed by atoms with E-state index < -0.39 is 0 Å². The molecule has 0 saturated heterocycles. The second kappa shape index (κ2) is 6.12. The predicted molar refractivity (Wildman–Crippen MR) is 83.7 cm³/mol. The number of ketones is 1. The highest BCUT2D eigenvalue weighted by atomic mass is 19.1. The van der Waals surface area contributed by atoms with E-state index in [1.165, 1.54) is 26.4 Å². The Morgan fingerprint density at radius 2 is 2.00 bits per heavy atom.